The van der Waals surface area contributed by atoms with Gasteiger partial charge in [-0.05, 0) is 0 Å². The van der Waals surface area contributed by atoms with Gasteiger partial charge in [0, 0.05) is 0 Å². The third-order valence-electron chi connectivity index (χ3n) is 3.89. The Morgan fingerprint density at radius 3 is 2.45 bits per heavy atom. The zero-order chi connectivity index (χ0) is 14.8. The van der Waals surface area contributed by atoms with E-state index in [-0.39, 0.29) is 15.0 Å². The third kappa shape index (κ3) is 1.52. The maximum absolute atomic E-state index is 6.50. The van der Waals surface area contributed by atoms with Crippen molar-refractivity contribution in [3.63, 3.8) is 0 Å². The maximum atomic E-state index is 6.50. The van der Waals surface area contributed by atoms with Crippen LogP contribution in [0.4, 0.5) is 11.4 Å². The normalized spacial score (nSPS) is 12.0. The van der Waals surface area contributed by atoms with E-state index in [1.165, 1.54) is 9.40 Å². The number of fused-ring (bicyclic) bond motifs is 8. The number of nitrogens with two attached hydrogens (primary N) is 1. The Balaban J connectivity index is 2.30. The van der Waals surface area contributed by atoms with Crippen molar-refractivity contribution in [3.8, 4) is 0 Å². The van der Waals surface area contributed by atoms with E-state index in [1.54, 1.807) is 22.7 Å². The molecule has 3 heterocycles. The Kier molecular flexibility index (Phi) is 2.83. The molecule has 8 heteroatoms. The molecule has 0 unspecified atom stereocenters. The molecule has 0 radical (unpaired) electrons. The van der Waals surface area contributed by atoms with Crippen LogP contribution >= 0.6 is 22.7 Å². The van der Waals surface area contributed by atoms with E-state index in [0.717, 1.165) is 44.0 Å². The van der Waals surface area contributed by atoms with E-state index in [9.17, 15) is 0 Å². The Hall–Kier alpha value is -1.14. The molecule has 0 saturated carbocycles. The van der Waals surface area contributed by atoms with Crippen LogP contribution in [0.2, 0.25) is 0 Å². The second kappa shape index (κ2) is 4.68. The number of nitrogen functional groups attached to an aromatic ring is 1. The minimum atomic E-state index is -0.0641. The number of nitrogens with zero attached hydrogens (tertiary/aromatic N) is 3. The van der Waals surface area contributed by atoms with Gasteiger partial charge < -0.3 is 0 Å². The number of benzene rings is 2. The van der Waals surface area contributed by atoms with Gasteiger partial charge in [0.25, 0.3) is 0 Å². The van der Waals surface area contributed by atoms with Crippen molar-refractivity contribution in [2.75, 3.05) is 5.73 Å². The van der Waals surface area contributed by atoms with Crippen molar-refractivity contribution in [2.45, 2.75) is 0 Å². The summed E-state index contributed by atoms with van der Waals surface area (Å²) in [5.41, 5.74) is 10.1. The summed E-state index contributed by atoms with van der Waals surface area (Å²) in [6.07, 6.45) is 0. The predicted octanol–water partition coefficient (Wildman–Crippen LogP) is 3.84. The number of rotatable bonds is 1. The molecule has 0 saturated heterocycles. The molecule has 106 valence electrons. The van der Waals surface area contributed by atoms with Gasteiger partial charge in [-0.25, -0.2) is 0 Å². The van der Waals surface area contributed by atoms with Gasteiger partial charge in [0.05, 0.1) is 0 Å². The van der Waals surface area contributed by atoms with Crippen LogP contribution in [-0.4, -0.2) is 38.7 Å². The molecule has 3 aromatic heterocycles. The molecule has 0 fully saturated rings. The van der Waals surface area contributed by atoms with Crippen molar-refractivity contribution in [2.24, 2.45) is 3.96 Å². The first kappa shape index (κ1) is 13.3. The van der Waals surface area contributed by atoms with Crippen molar-refractivity contribution in [1.82, 2.24) is 7.96 Å². The summed E-state index contributed by atoms with van der Waals surface area (Å²) in [4.78, 5) is 0. The molecular formula is C14H6N4S2Se2. The molecule has 0 aliphatic carbocycles. The average molecular weight is 452 g/mol. The number of aromatic nitrogens is 2. The van der Waals surface area contributed by atoms with Crippen LogP contribution < -0.4 is 5.73 Å². The number of hydrogen-bond donors (Lipinski definition) is 1. The third-order valence-corrected chi connectivity index (χ3v) is 7.24. The van der Waals surface area contributed by atoms with Crippen LogP contribution in [0, 0.1) is 0 Å². The van der Waals surface area contributed by atoms with Gasteiger partial charge in [-0.3, -0.25) is 0 Å². The average Bonchev–Trinajstić information content (AvgIpc) is 3.25. The van der Waals surface area contributed by atoms with Gasteiger partial charge >= 0.3 is 147 Å². The molecule has 2 N–H and O–H groups in total. The monoisotopic (exact) mass is 454 g/mol. The van der Waals surface area contributed by atoms with Crippen molar-refractivity contribution in [3.05, 3.63) is 22.9 Å². The van der Waals surface area contributed by atoms with Crippen LogP contribution in [0.3, 0.4) is 0 Å². The number of anilines is 1. The van der Waals surface area contributed by atoms with Crippen molar-refractivity contribution < 1.29 is 0 Å². The van der Waals surface area contributed by atoms with Crippen molar-refractivity contribution >= 4 is 107 Å². The van der Waals surface area contributed by atoms with Crippen molar-refractivity contribution in [1.29, 1.82) is 0 Å². The first-order valence-electron chi connectivity index (χ1n) is 6.38. The summed E-state index contributed by atoms with van der Waals surface area (Å²) < 4.78 is 16.0. The minimum absolute atomic E-state index is 0.0641. The van der Waals surface area contributed by atoms with Crippen LogP contribution in [0.15, 0.2) is 26.9 Å². The quantitative estimate of drug-likeness (QED) is 0.311. The molecule has 0 aliphatic rings. The van der Waals surface area contributed by atoms with E-state index < -0.39 is 0 Å². The molecule has 0 amide bonds. The van der Waals surface area contributed by atoms with E-state index in [0.29, 0.717) is 0 Å². The molecule has 0 atom stereocenters. The Morgan fingerprint density at radius 1 is 1.00 bits per heavy atom. The molecule has 0 spiro atoms. The van der Waals surface area contributed by atoms with Gasteiger partial charge in [0.1, 0.15) is 0 Å². The molecular weight excluding hydrogens is 446 g/mol. The van der Waals surface area contributed by atoms with E-state index in [1.807, 2.05) is 0 Å². The summed E-state index contributed by atoms with van der Waals surface area (Å²) in [6, 6.07) is 4.19. The molecule has 22 heavy (non-hydrogen) atoms. The van der Waals surface area contributed by atoms with E-state index >= 15 is 0 Å². The topological polar surface area (TPSA) is 64.2 Å². The summed E-state index contributed by atoms with van der Waals surface area (Å²) >= 11 is 6.11. The molecule has 5 rings (SSSR count). The zero-order valence-electron chi connectivity index (χ0n) is 10.9. The molecule has 0 bridgehead atoms. The summed E-state index contributed by atoms with van der Waals surface area (Å²) in [5.74, 6) is 0. The molecule has 5 aromatic rings. The second-order valence-electron chi connectivity index (χ2n) is 4.89. The Morgan fingerprint density at radius 2 is 1.68 bits per heavy atom. The SMILES string of the molecule is Nc1c(N=[Se])c2ccsc2c2c3n[se]nc3c3ccsc3c12. The van der Waals surface area contributed by atoms with E-state index in [4.69, 9.17) is 9.71 Å². The fraction of sp³-hybridized carbons (Fsp3) is 0. The molecule has 2 aromatic carbocycles. The fourth-order valence-corrected chi connectivity index (χ4v) is 6.49. The predicted molar refractivity (Wildman–Crippen MR) is 97.0 cm³/mol. The first-order valence-corrected chi connectivity index (χ1v) is 10.4. The Bertz CT molecular complexity index is 1220. The zero-order valence-corrected chi connectivity index (χ0v) is 15.9. The standard InChI is InChI=1S/C14H6N4S2Se2/c15-9-7-8(14-5(1-3-20-14)10(9)16-21)12-11(17-22-18-12)6-2-4-19-13(6)7/h1-4H,15H2. The second-order valence-corrected chi connectivity index (χ2v) is 8.22. The van der Waals surface area contributed by atoms with Gasteiger partial charge in [-0.2, -0.15) is 0 Å². The van der Waals surface area contributed by atoms with Crippen LogP contribution in [-0.2, 0) is 0 Å². The number of thiophene rings is 2. The van der Waals surface area contributed by atoms with Gasteiger partial charge in [0.15, 0.2) is 0 Å². The summed E-state index contributed by atoms with van der Waals surface area (Å²) in [5, 5.41) is 8.64. The molecule has 0 aliphatic heterocycles. The van der Waals surface area contributed by atoms with Crippen LogP contribution in [0.25, 0.3) is 42.0 Å². The van der Waals surface area contributed by atoms with Gasteiger partial charge in [0.2, 0.25) is 0 Å². The van der Waals surface area contributed by atoms with Gasteiger partial charge in [-0.15, -0.1) is 0 Å². The van der Waals surface area contributed by atoms with Crippen LogP contribution in [0.5, 0.6) is 0 Å². The number of hydrogen-bond acceptors (Lipinski definition) is 6. The summed E-state index contributed by atoms with van der Waals surface area (Å²) in [6.45, 7) is 0. The van der Waals surface area contributed by atoms with Crippen LogP contribution in [0.1, 0.15) is 0 Å². The molecule has 4 nitrogen and oxygen atoms in total. The first-order chi connectivity index (χ1) is 10.8. The fourth-order valence-electron chi connectivity index (χ4n) is 2.98. The summed E-state index contributed by atoms with van der Waals surface area (Å²) in [7, 11) is 0. The van der Waals surface area contributed by atoms with E-state index in [2.05, 4.69) is 46.7 Å². The van der Waals surface area contributed by atoms with Gasteiger partial charge in [-0.1, -0.05) is 0 Å². The Labute approximate surface area is 146 Å².